The van der Waals surface area contributed by atoms with Gasteiger partial charge in [-0.25, -0.2) is 8.78 Å². The third-order valence-corrected chi connectivity index (χ3v) is 3.44. The van der Waals surface area contributed by atoms with Crippen LogP contribution in [0.1, 0.15) is 0 Å². The van der Waals surface area contributed by atoms with Crippen LogP contribution in [0.4, 0.5) is 25.8 Å². The molecule has 2 aromatic carbocycles. The third kappa shape index (κ3) is 2.81. The molecule has 3 N–H and O–H groups in total. The van der Waals surface area contributed by atoms with Crippen LogP contribution in [0.25, 0.3) is 0 Å². The van der Waals surface area contributed by atoms with Crippen molar-refractivity contribution in [3.8, 4) is 0 Å². The first-order chi connectivity index (χ1) is 8.47. The minimum Gasteiger partial charge on any atom is -0.399 e. The molecule has 0 radical (unpaired) electrons. The van der Waals surface area contributed by atoms with Crippen molar-refractivity contribution < 1.29 is 8.78 Å². The zero-order valence-corrected chi connectivity index (χ0v) is 12.1. The Kier molecular flexibility index (Phi) is 3.87. The van der Waals surface area contributed by atoms with Crippen molar-refractivity contribution in [1.82, 2.24) is 0 Å². The van der Waals surface area contributed by atoms with Gasteiger partial charge >= 0.3 is 0 Å². The van der Waals surface area contributed by atoms with E-state index in [9.17, 15) is 8.78 Å². The summed E-state index contributed by atoms with van der Waals surface area (Å²) >= 11 is 6.59. The molecule has 0 amide bonds. The van der Waals surface area contributed by atoms with Gasteiger partial charge in [-0.2, -0.15) is 0 Å². The number of benzene rings is 2. The minimum absolute atomic E-state index is 0.0452. The van der Waals surface area contributed by atoms with E-state index >= 15 is 0 Å². The second-order valence-corrected chi connectivity index (χ2v) is 5.38. The van der Waals surface area contributed by atoms with Crippen LogP contribution in [0, 0.1) is 11.6 Å². The highest BCUT2D eigenvalue weighted by Gasteiger charge is 2.12. The van der Waals surface area contributed by atoms with Crippen molar-refractivity contribution in [3.63, 3.8) is 0 Å². The van der Waals surface area contributed by atoms with E-state index < -0.39 is 11.6 Å². The number of nitrogens with two attached hydrogens (primary N) is 1. The van der Waals surface area contributed by atoms with Gasteiger partial charge < -0.3 is 11.1 Å². The van der Waals surface area contributed by atoms with Gasteiger partial charge in [-0.05, 0) is 46.3 Å². The molecule has 0 fully saturated rings. The van der Waals surface area contributed by atoms with E-state index in [1.54, 1.807) is 12.1 Å². The number of anilines is 3. The highest BCUT2D eigenvalue weighted by atomic mass is 79.9. The first-order valence-corrected chi connectivity index (χ1v) is 6.52. The van der Waals surface area contributed by atoms with E-state index in [1.807, 2.05) is 6.07 Å². The number of nitrogens with one attached hydrogen (secondary N) is 1. The van der Waals surface area contributed by atoms with Crippen LogP contribution in [0.3, 0.4) is 0 Å². The van der Waals surface area contributed by atoms with Crippen LogP contribution in [-0.4, -0.2) is 0 Å². The van der Waals surface area contributed by atoms with E-state index in [-0.39, 0.29) is 11.4 Å². The highest BCUT2D eigenvalue weighted by molar-refractivity contribution is 9.11. The summed E-state index contributed by atoms with van der Waals surface area (Å²) in [5.74, 6) is -1.47. The van der Waals surface area contributed by atoms with Gasteiger partial charge in [0.25, 0.3) is 0 Å². The lowest BCUT2D eigenvalue weighted by molar-refractivity contribution is 0.592. The monoisotopic (exact) mass is 376 g/mol. The second kappa shape index (κ2) is 5.24. The summed E-state index contributed by atoms with van der Waals surface area (Å²) in [6.07, 6.45) is 0. The maximum absolute atomic E-state index is 13.6. The molecular weight excluding hydrogens is 370 g/mol. The Balaban J connectivity index is 2.43. The van der Waals surface area contributed by atoms with Crippen molar-refractivity contribution >= 4 is 48.9 Å². The molecule has 18 heavy (non-hydrogen) atoms. The summed E-state index contributed by atoms with van der Waals surface area (Å²) in [6, 6.07) is 7.42. The van der Waals surface area contributed by atoms with Crippen molar-refractivity contribution in [2.24, 2.45) is 0 Å². The maximum atomic E-state index is 13.6. The van der Waals surface area contributed by atoms with Crippen LogP contribution < -0.4 is 11.1 Å². The zero-order chi connectivity index (χ0) is 13.3. The van der Waals surface area contributed by atoms with E-state index in [2.05, 4.69) is 37.2 Å². The van der Waals surface area contributed by atoms with Crippen molar-refractivity contribution in [1.29, 1.82) is 0 Å². The van der Waals surface area contributed by atoms with E-state index in [0.717, 1.165) is 16.6 Å². The van der Waals surface area contributed by atoms with Crippen LogP contribution in [0.5, 0.6) is 0 Å². The fourth-order valence-corrected chi connectivity index (χ4v) is 2.15. The Hall–Kier alpha value is -1.14. The fraction of sp³-hybridized carbons (Fsp3) is 0. The quantitative estimate of drug-likeness (QED) is 0.736. The van der Waals surface area contributed by atoms with Gasteiger partial charge in [0.1, 0.15) is 5.69 Å². The number of rotatable bonds is 2. The molecule has 0 saturated heterocycles. The summed E-state index contributed by atoms with van der Waals surface area (Å²) in [5, 5.41) is 2.69. The Labute approximate surface area is 119 Å². The Morgan fingerprint density at radius 3 is 2.22 bits per heavy atom. The van der Waals surface area contributed by atoms with Crippen LogP contribution >= 0.6 is 31.9 Å². The largest absolute Gasteiger partial charge is 0.399 e. The highest BCUT2D eigenvalue weighted by Crippen LogP contribution is 2.31. The summed E-state index contributed by atoms with van der Waals surface area (Å²) in [4.78, 5) is 0. The predicted molar refractivity (Wildman–Crippen MR) is 75.9 cm³/mol. The molecule has 6 heteroatoms. The van der Waals surface area contributed by atoms with Gasteiger partial charge in [-0.3, -0.25) is 0 Å². The molecule has 2 nitrogen and oxygen atoms in total. The summed E-state index contributed by atoms with van der Waals surface area (Å²) < 4.78 is 28.7. The summed E-state index contributed by atoms with van der Waals surface area (Å²) in [7, 11) is 0. The van der Waals surface area contributed by atoms with E-state index in [4.69, 9.17) is 5.73 Å². The molecule has 0 bridgehead atoms. The first-order valence-electron chi connectivity index (χ1n) is 4.94. The van der Waals surface area contributed by atoms with E-state index in [0.29, 0.717) is 10.2 Å². The van der Waals surface area contributed by atoms with Crippen LogP contribution in [0.15, 0.2) is 39.3 Å². The lowest BCUT2D eigenvalue weighted by Crippen LogP contribution is -2.00. The molecule has 0 aromatic heterocycles. The van der Waals surface area contributed by atoms with Gasteiger partial charge in [0, 0.05) is 14.6 Å². The Bertz CT molecular complexity index is 580. The van der Waals surface area contributed by atoms with Gasteiger partial charge in [0.05, 0.1) is 5.69 Å². The Morgan fingerprint density at radius 1 is 1.00 bits per heavy atom. The molecule has 0 heterocycles. The van der Waals surface area contributed by atoms with Crippen molar-refractivity contribution in [3.05, 3.63) is 50.9 Å². The average Bonchev–Trinajstić information content (AvgIpc) is 2.28. The number of halogens is 4. The fourth-order valence-electron chi connectivity index (χ4n) is 1.44. The predicted octanol–water partition coefficient (Wildman–Crippen LogP) is 4.82. The molecule has 94 valence electrons. The molecule has 0 aliphatic heterocycles. The smallest absolute Gasteiger partial charge is 0.151 e. The average molecular weight is 378 g/mol. The van der Waals surface area contributed by atoms with E-state index in [1.165, 1.54) is 0 Å². The molecule has 0 unspecified atom stereocenters. The van der Waals surface area contributed by atoms with Gasteiger partial charge in [-0.15, -0.1) is 0 Å². The normalized spacial score (nSPS) is 10.4. The maximum Gasteiger partial charge on any atom is 0.151 e. The molecule has 0 saturated carbocycles. The lowest BCUT2D eigenvalue weighted by atomic mass is 10.2. The zero-order valence-electron chi connectivity index (χ0n) is 8.98. The standard InChI is InChI=1S/C12H8Br2F2N2/c13-6-1-2-8(14)11(3-6)18-12-9(15)4-7(17)5-10(12)16/h1-5,18H,17H2. The second-order valence-electron chi connectivity index (χ2n) is 3.61. The van der Waals surface area contributed by atoms with Crippen LogP contribution in [-0.2, 0) is 0 Å². The van der Waals surface area contributed by atoms with Gasteiger partial charge in [-0.1, -0.05) is 15.9 Å². The molecule has 2 rings (SSSR count). The lowest BCUT2D eigenvalue weighted by Gasteiger charge is -2.11. The first kappa shape index (κ1) is 13.3. The minimum atomic E-state index is -0.737. The van der Waals surface area contributed by atoms with Crippen LogP contribution in [0.2, 0.25) is 0 Å². The SMILES string of the molecule is Nc1cc(F)c(Nc2cc(Br)ccc2Br)c(F)c1. The van der Waals surface area contributed by atoms with Gasteiger partial charge in [0.15, 0.2) is 11.6 Å². The molecular formula is C12H8Br2F2N2. The van der Waals surface area contributed by atoms with Crippen molar-refractivity contribution in [2.45, 2.75) is 0 Å². The summed E-state index contributed by atoms with van der Waals surface area (Å²) in [6.45, 7) is 0. The molecule has 0 aliphatic carbocycles. The third-order valence-electron chi connectivity index (χ3n) is 2.25. The topological polar surface area (TPSA) is 38.0 Å². The summed E-state index contributed by atoms with van der Waals surface area (Å²) in [5.41, 5.74) is 5.71. The molecule has 0 aliphatic rings. The molecule has 0 atom stereocenters. The number of hydrogen-bond donors (Lipinski definition) is 2. The van der Waals surface area contributed by atoms with Gasteiger partial charge in [0.2, 0.25) is 0 Å². The number of hydrogen-bond acceptors (Lipinski definition) is 2. The molecule has 0 spiro atoms. The Morgan fingerprint density at radius 2 is 1.61 bits per heavy atom. The number of nitrogen functional groups attached to an aromatic ring is 1. The molecule has 2 aromatic rings. The van der Waals surface area contributed by atoms with Crippen molar-refractivity contribution in [2.75, 3.05) is 11.1 Å².